The number of hydrogen-bond acceptors (Lipinski definition) is 2. The lowest BCUT2D eigenvalue weighted by Crippen LogP contribution is -2.29. The minimum Gasteiger partial charge on any atom is -0.481 e. The van der Waals surface area contributed by atoms with E-state index in [1.807, 2.05) is 30.3 Å². The molecule has 116 valence electrons. The van der Waals surface area contributed by atoms with Crippen molar-refractivity contribution >= 4 is 5.97 Å². The van der Waals surface area contributed by atoms with E-state index >= 15 is 0 Å². The van der Waals surface area contributed by atoms with Crippen LogP contribution in [0.3, 0.4) is 0 Å². The summed E-state index contributed by atoms with van der Waals surface area (Å²) in [6.45, 7) is 6.17. The van der Waals surface area contributed by atoms with Crippen LogP contribution in [0, 0.1) is 0 Å². The molecular weight excluding hydrogens is 274 g/mol. The molecule has 3 heteroatoms. The summed E-state index contributed by atoms with van der Waals surface area (Å²) < 4.78 is 0. The summed E-state index contributed by atoms with van der Waals surface area (Å²) in [4.78, 5) is 13.1. The van der Waals surface area contributed by atoms with E-state index in [0.29, 0.717) is 6.04 Å². The quantitative estimate of drug-likeness (QED) is 0.846. The molecule has 0 aliphatic heterocycles. The molecule has 0 aliphatic rings. The highest BCUT2D eigenvalue weighted by Crippen LogP contribution is 2.14. The van der Waals surface area contributed by atoms with Gasteiger partial charge in [-0.3, -0.25) is 9.69 Å². The maximum atomic E-state index is 10.7. The normalized spacial score (nSPS) is 11.1. The smallest absolute Gasteiger partial charge is 0.307 e. The van der Waals surface area contributed by atoms with Gasteiger partial charge in [-0.25, -0.2) is 0 Å². The molecule has 2 rings (SSSR count). The van der Waals surface area contributed by atoms with E-state index < -0.39 is 5.97 Å². The van der Waals surface area contributed by atoms with Crippen molar-refractivity contribution in [3.63, 3.8) is 0 Å². The molecule has 3 nitrogen and oxygen atoms in total. The summed E-state index contributed by atoms with van der Waals surface area (Å²) in [6.07, 6.45) is 0.0815. The van der Waals surface area contributed by atoms with Crippen LogP contribution in [0.1, 0.15) is 30.5 Å². The predicted octanol–water partition coefficient (Wildman–Crippen LogP) is 3.72. The zero-order chi connectivity index (χ0) is 15.9. The fourth-order valence-corrected chi connectivity index (χ4v) is 2.41. The predicted molar refractivity (Wildman–Crippen MR) is 88.6 cm³/mol. The third-order valence-electron chi connectivity index (χ3n) is 3.72. The molecule has 2 aromatic carbocycles. The number of carboxylic acids is 1. The molecule has 0 unspecified atom stereocenters. The molecule has 22 heavy (non-hydrogen) atoms. The van der Waals surface area contributed by atoms with Gasteiger partial charge in [0.1, 0.15) is 0 Å². The first-order chi connectivity index (χ1) is 10.5. The van der Waals surface area contributed by atoms with Crippen LogP contribution < -0.4 is 0 Å². The van der Waals surface area contributed by atoms with Crippen LogP contribution in [0.25, 0.3) is 0 Å². The lowest BCUT2D eigenvalue weighted by molar-refractivity contribution is -0.136. The highest BCUT2D eigenvalue weighted by atomic mass is 16.4. The van der Waals surface area contributed by atoms with Crippen molar-refractivity contribution in [1.29, 1.82) is 0 Å². The number of carboxylic acid groups (broad SMARTS) is 1. The van der Waals surface area contributed by atoms with Crippen LogP contribution >= 0.6 is 0 Å². The maximum absolute atomic E-state index is 10.7. The summed E-state index contributed by atoms with van der Waals surface area (Å²) in [5, 5.41) is 8.81. The first kappa shape index (κ1) is 16.2. The number of carbonyl (C=O) groups is 1. The van der Waals surface area contributed by atoms with Crippen molar-refractivity contribution in [2.75, 3.05) is 0 Å². The largest absolute Gasteiger partial charge is 0.481 e. The summed E-state index contributed by atoms with van der Waals surface area (Å²) in [5.41, 5.74) is 3.35. The Kier molecular flexibility index (Phi) is 5.73. The van der Waals surface area contributed by atoms with Crippen LogP contribution in [0.15, 0.2) is 54.6 Å². The second kappa shape index (κ2) is 7.76. The maximum Gasteiger partial charge on any atom is 0.307 e. The molecule has 0 aliphatic carbocycles. The van der Waals surface area contributed by atoms with E-state index in [-0.39, 0.29) is 6.42 Å². The zero-order valence-corrected chi connectivity index (χ0v) is 13.2. The summed E-state index contributed by atoms with van der Waals surface area (Å²) >= 11 is 0. The lowest BCUT2D eigenvalue weighted by atomic mass is 10.1. The van der Waals surface area contributed by atoms with Gasteiger partial charge in [0.2, 0.25) is 0 Å². The average Bonchev–Trinajstić information content (AvgIpc) is 2.49. The van der Waals surface area contributed by atoms with Crippen molar-refractivity contribution in [2.24, 2.45) is 0 Å². The minimum atomic E-state index is -0.791. The topological polar surface area (TPSA) is 40.5 Å². The number of rotatable bonds is 7. The van der Waals surface area contributed by atoms with Crippen molar-refractivity contribution in [2.45, 2.75) is 39.4 Å². The van der Waals surface area contributed by atoms with Gasteiger partial charge in [0.15, 0.2) is 0 Å². The molecule has 0 saturated carbocycles. The molecular formula is C19H23NO2. The molecule has 0 radical (unpaired) electrons. The Morgan fingerprint density at radius 1 is 0.909 bits per heavy atom. The number of nitrogens with zero attached hydrogens (tertiary/aromatic N) is 1. The Morgan fingerprint density at radius 3 is 1.91 bits per heavy atom. The van der Waals surface area contributed by atoms with Gasteiger partial charge >= 0.3 is 5.97 Å². The summed E-state index contributed by atoms with van der Waals surface area (Å²) in [7, 11) is 0. The van der Waals surface area contributed by atoms with E-state index in [1.165, 1.54) is 11.1 Å². The van der Waals surface area contributed by atoms with E-state index in [4.69, 9.17) is 5.11 Å². The number of benzene rings is 2. The van der Waals surface area contributed by atoms with Crippen LogP contribution in [-0.2, 0) is 24.3 Å². The van der Waals surface area contributed by atoms with Gasteiger partial charge in [0.05, 0.1) is 6.42 Å². The number of aliphatic carboxylic acids is 1. The molecule has 0 aromatic heterocycles. The molecule has 2 aromatic rings. The molecule has 0 heterocycles. The van der Waals surface area contributed by atoms with Gasteiger partial charge in [-0.15, -0.1) is 0 Å². The number of hydrogen-bond donors (Lipinski definition) is 1. The zero-order valence-electron chi connectivity index (χ0n) is 13.2. The van der Waals surface area contributed by atoms with E-state index in [9.17, 15) is 4.79 Å². The third kappa shape index (κ3) is 5.01. The van der Waals surface area contributed by atoms with Gasteiger partial charge in [-0.1, -0.05) is 54.6 Å². The summed E-state index contributed by atoms with van der Waals surface area (Å²) in [6, 6.07) is 18.8. The average molecular weight is 297 g/mol. The standard InChI is InChI=1S/C19H23NO2/c1-15(2)20(13-17-6-4-3-5-7-17)14-18-10-8-16(9-11-18)12-19(21)22/h3-11,15H,12-14H2,1-2H3,(H,21,22). The molecule has 0 bridgehead atoms. The molecule has 0 spiro atoms. The van der Waals surface area contributed by atoms with Crippen molar-refractivity contribution in [3.05, 3.63) is 71.3 Å². The van der Waals surface area contributed by atoms with Gasteiger partial charge in [0.25, 0.3) is 0 Å². The second-order valence-corrected chi connectivity index (χ2v) is 5.87. The Hall–Kier alpha value is -2.13. The second-order valence-electron chi connectivity index (χ2n) is 5.87. The van der Waals surface area contributed by atoms with E-state index in [0.717, 1.165) is 18.7 Å². The fraction of sp³-hybridized carbons (Fsp3) is 0.316. The molecule has 0 fully saturated rings. The van der Waals surface area contributed by atoms with Crippen molar-refractivity contribution in [1.82, 2.24) is 4.90 Å². The van der Waals surface area contributed by atoms with Gasteiger partial charge < -0.3 is 5.11 Å². The first-order valence-electron chi connectivity index (χ1n) is 7.62. The minimum absolute atomic E-state index is 0.0815. The first-order valence-corrected chi connectivity index (χ1v) is 7.62. The van der Waals surface area contributed by atoms with Crippen LogP contribution in [0.2, 0.25) is 0 Å². The highest BCUT2D eigenvalue weighted by molar-refractivity contribution is 5.70. The lowest BCUT2D eigenvalue weighted by Gasteiger charge is -2.26. The Labute approximate surface area is 132 Å². The van der Waals surface area contributed by atoms with Gasteiger partial charge in [-0.2, -0.15) is 0 Å². The van der Waals surface area contributed by atoms with Gasteiger partial charge in [0, 0.05) is 19.1 Å². The fourth-order valence-electron chi connectivity index (χ4n) is 2.41. The van der Waals surface area contributed by atoms with E-state index in [1.54, 1.807) is 0 Å². The Balaban J connectivity index is 2.03. The van der Waals surface area contributed by atoms with Crippen LogP contribution in [0.4, 0.5) is 0 Å². The van der Waals surface area contributed by atoms with Crippen LogP contribution in [0.5, 0.6) is 0 Å². The Bertz CT molecular complexity index is 591. The third-order valence-corrected chi connectivity index (χ3v) is 3.72. The molecule has 0 saturated heterocycles. The molecule has 0 atom stereocenters. The highest BCUT2D eigenvalue weighted by Gasteiger charge is 2.11. The van der Waals surface area contributed by atoms with Crippen molar-refractivity contribution < 1.29 is 9.90 Å². The molecule has 0 amide bonds. The monoisotopic (exact) mass is 297 g/mol. The van der Waals surface area contributed by atoms with Crippen LogP contribution in [-0.4, -0.2) is 22.0 Å². The molecule has 1 N–H and O–H groups in total. The van der Waals surface area contributed by atoms with Gasteiger partial charge in [-0.05, 0) is 30.5 Å². The summed E-state index contributed by atoms with van der Waals surface area (Å²) in [5.74, 6) is -0.791. The van der Waals surface area contributed by atoms with E-state index in [2.05, 4.69) is 43.0 Å². The van der Waals surface area contributed by atoms with Crippen molar-refractivity contribution in [3.8, 4) is 0 Å². The SMILES string of the molecule is CC(C)N(Cc1ccccc1)Cc1ccc(CC(=O)O)cc1. The Morgan fingerprint density at radius 2 is 1.41 bits per heavy atom.